The molecule has 0 spiro atoms. The fourth-order valence-electron chi connectivity index (χ4n) is 3.07. The lowest BCUT2D eigenvalue weighted by Crippen LogP contribution is -2.32. The zero-order valence-corrected chi connectivity index (χ0v) is 10.4. The van der Waals surface area contributed by atoms with Crippen LogP contribution in [0.4, 0.5) is 0 Å². The number of hydrogen-bond donors (Lipinski definition) is 2. The molecule has 1 aromatic heterocycles. The molecule has 0 atom stereocenters. The number of aryl methyl sites for hydroxylation is 1. The van der Waals surface area contributed by atoms with Gasteiger partial charge in [0.15, 0.2) is 0 Å². The van der Waals surface area contributed by atoms with E-state index in [0.717, 1.165) is 19.3 Å². The lowest BCUT2D eigenvalue weighted by Gasteiger charge is -2.23. The molecule has 0 amide bonds. The van der Waals surface area contributed by atoms with E-state index < -0.39 is 0 Å². The number of H-pyrrole nitrogens is 1. The maximum absolute atomic E-state index is 6.56. The summed E-state index contributed by atoms with van der Waals surface area (Å²) in [5.41, 5.74) is 10.4. The Bertz CT molecular complexity index is 533. The first kappa shape index (κ1) is 10.8. The Hall–Kier alpha value is -1.28. The van der Waals surface area contributed by atoms with Gasteiger partial charge in [-0.05, 0) is 42.5 Å². The Morgan fingerprint density at radius 2 is 2.06 bits per heavy atom. The van der Waals surface area contributed by atoms with Gasteiger partial charge in [-0.1, -0.05) is 25.8 Å². The molecular weight excluding hydrogens is 208 g/mol. The third-order valence-electron chi connectivity index (χ3n) is 4.19. The highest BCUT2D eigenvalue weighted by Gasteiger charge is 2.33. The van der Waals surface area contributed by atoms with Crippen molar-refractivity contribution in [1.82, 2.24) is 4.98 Å². The Morgan fingerprint density at radius 3 is 2.76 bits per heavy atom. The van der Waals surface area contributed by atoms with Gasteiger partial charge in [0.05, 0.1) is 0 Å². The number of nitrogens with two attached hydrogens (primary N) is 1. The second-order valence-electron chi connectivity index (χ2n) is 5.30. The van der Waals surface area contributed by atoms with Crippen molar-refractivity contribution in [3.63, 3.8) is 0 Å². The maximum atomic E-state index is 6.56. The van der Waals surface area contributed by atoms with E-state index in [1.165, 1.54) is 34.9 Å². The summed E-state index contributed by atoms with van der Waals surface area (Å²) >= 11 is 0. The fourth-order valence-corrected chi connectivity index (χ4v) is 3.07. The molecule has 2 aromatic rings. The summed E-state index contributed by atoms with van der Waals surface area (Å²) in [6, 6.07) is 6.67. The van der Waals surface area contributed by atoms with Crippen molar-refractivity contribution in [1.29, 1.82) is 0 Å². The lowest BCUT2D eigenvalue weighted by molar-refractivity contribution is 0.466. The summed E-state index contributed by atoms with van der Waals surface area (Å²) in [6.45, 7) is 2.20. The number of aromatic amines is 1. The molecule has 1 aromatic carbocycles. The first-order valence-electron chi connectivity index (χ1n) is 6.62. The average molecular weight is 228 g/mol. The molecule has 3 N–H and O–H groups in total. The van der Waals surface area contributed by atoms with Crippen LogP contribution >= 0.6 is 0 Å². The van der Waals surface area contributed by atoms with E-state index in [0.29, 0.717) is 0 Å². The average Bonchev–Trinajstić information content (AvgIpc) is 2.95. The molecule has 0 radical (unpaired) electrons. The van der Waals surface area contributed by atoms with E-state index in [1.807, 2.05) is 0 Å². The van der Waals surface area contributed by atoms with Gasteiger partial charge < -0.3 is 10.7 Å². The predicted octanol–water partition coefficient (Wildman–Crippen LogP) is 3.46. The summed E-state index contributed by atoms with van der Waals surface area (Å²) in [7, 11) is 0. The van der Waals surface area contributed by atoms with Crippen LogP contribution in [0.25, 0.3) is 10.9 Å². The van der Waals surface area contributed by atoms with Gasteiger partial charge in [0.1, 0.15) is 0 Å². The van der Waals surface area contributed by atoms with E-state index in [4.69, 9.17) is 5.73 Å². The van der Waals surface area contributed by atoms with Crippen LogP contribution in [0.2, 0.25) is 0 Å². The quantitative estimate of drug-likeness (QED) is 0.812. The van der Waals surface area contributed by atoms with Crippen molar-refractivity contribution in [2.75, 3.05) is 0 Å². The Kier molecular flexibility index (Phi) is 2.48. The van der Waals surface area contributed by atoms with Gasteiger partial charge in [0.2, 0.25) is 0 Å². The van der Waals surface area contributed by atoms with Crippen LogP contribution in [-0.2, 0) is 12.0 Å². The van der Waals surface area contributed by atoms with E-state index in [-0.39, 0.29) is 5.54 Å². The number of nitrogens with one attached hydrogen (secondary N) is 1. The zero-order valence-electron chi connectivity index (χ0n) is 10.4. The fraction of sp³-hybridized carbons (Fsp3) is 0.467. The van der Waals surface area contributed by atoms with E-state index in [1.54, 1.807) is 0 Å². The van der Waals surface area contributed by atoms with Crippen molar-refractivity contribution < 1.29 is 0 Å². The van der Waals surface area contributed by atoms with Crippen LogP contribution < -0.4 is 5.73 Å². The van der Waals surface area contributed by atoms with Crippen molar-refractivity contribution in [3.8, 4) is 0 Å². The van der Waals surface area contributed by atoms with Crippen LogP contribution in [0.1, 0.15) is 43.7 Å². The number of aromatic nitrogens is 1. The Morgan fingerprint density at radius 1 is 1.29 bits per heavy atom. The largest absolute Gasteiger partial charge is 0.361 e. The van der Waals surface area contributed by atoms with Crippen molar-refractivity contribution in [3.05, 3.63) is 35.5 Å². The van der Waals surface area contributed by atoms with E-state index in [9.17, 15) is 0 Å². The third-order valence-corrected chi connectivity index (χ3v) is 4.19. The molecule has 1 aliphatic rings. The molecule has 1 aliphatic carbocycles. The first-order chi connectivity index (χ1) is 8.23. The van der Waals surface area contributed by atoms with Gasteiger partial charge in [-0.15, -0.1) is 0 Å². The minimum absolute atomic E-state index is 0.0926. The maximum Gasteiger partial charge on any atom is 0.0457 e. The molecule has 17 heavy (non-hydrogen) atoms. The van der Waals surface area contributed by atoms with Crippen molar-refractivity contribution in [2.45, 2.75) is 44.6 Å². The van der Waals surface area contributed by atoms with Gasteiger partial charge in [0, 0.05) is 22.6 Å². The number of fused-ring (bicyclic) bond motifs is 1. The molecule has 2 nitrogen and oxygen atoms in total. The van der Waals surface area contributed by atoms with Gasteiger partial charge in [-0.25, -0.2) is 0 Å². The summed E-state index contributed by atoms with van der Waals surface area (Å²) in [5.74, 6) is 0. The van der Waals surface area contributed by atoms with Gasteiger partial charge in [0.25, 0.3) is 0 Å². The minimum Gasteiger partial charge on any atom is -0.361 e. The zero-order chi connectivity index (χ0) is 11.9. The highest BCUT2D eigenvalue weighted by atomic mass is 14.8. The smallest absolute Gasteiger partial charge is 0.0457 e. The minimum atomic E-state index is -0.0926. The first-order valence-corrected chi connectivity index (χ1v) is 6.62. The Balaban J connectivity index is 2.16. The molecule has 3 rings (SSSR count). The van der Waals surface area contributed by atoms with Crippen molar-refractivity contribution in [2.24, 2.45) is 5.73 Å². The standard InChI is InChI=1S/C15H20N2/c1-2-11-5-6-14-12(9-11)13(10-17-14)15(16)7-3-4-8-15/h5-6,9-10,17H,2-4,7-8,16H2,1H3. The number of hydrogen-bond acceptors (Lipinski definition) is 1. The summed E-state index contributed by atoms with van der Waals surface area (Å²) in [6.07, 6.45) is 7.97. The van der Waals surface area contributed by atoms with Crippen LogP contribution in [0, 0.1) is 0 Å². The van der Waals surface area contributed by atoms with E-state index in [2.05, 4.69) is 36.3 Å². The van der Waals surface area contributed by atoms with Gasteiger partial charge in [-0.3, -0.25) is 0 Å². The number of benzene rings is 1. The SMILES string of the molecule is CCc1ccc2[nH]cc(C3(N)CCCC3)c2c1. The second kappa shape index (κ2) is 3.88. The summed E-state index contributed by atoms with van der Waals surface area (Å²) in [5, 5.41) is 1.33. The molecule has 0 aliphatic heterocycles. The van der Waals surface area contributed by atoms with E-state index >= 15 is 0 Å². The normalized spacial score (nSPS) is 18.9. The molecular formula is C15H20N2. The van der Waals surface area contributed by atoms with Gasteiger partial charge >= 0.3 is 0 Å². The van der Waals surface area contributed by atoms with Gasteiger partial charge in [-0.2, -0.15) is 0 Å². The summed E-state index contributed by atoms with van der Waals surface area (Å²) < 4.78 is 0. The number of rotatable bonds is 2. The van der Waals surface area contributed by atoms with Crippen LogP contribution in [0.5, 0.6) is 0 Å². The molecule has 0 bridgehead atoms. The predicted molar refractivity (Wildman–Crippen MR) is 72.0 cm³/mol. The molecule has 90 valence electrons. The topological polar surface area (TPSA) is 41.8 Å². The van der Waals surface area contributed by atoms with Crippen molar-refractivity contribution >= 4 is 10.9 Å². The Labute approximate surface area is 102 Å². The molecule has 1 fully saturated rings. The van der Waals surface area contributed by atoms with Crippen LogP contribution in [0.15, 0.2) is 24.4 Å². The van der Waals surface area contributed by atoms with Crippen LogP contribution in [-0.4, -0.2) is 4.98 Å². The molecule has 0 unspecified atom stereocenters. The monoisotopic (exact) mass is 228 g/mol. The highest BCUT2D eigenvalue weighted by Crippen LogP contribution is 2.39. The third kappa shape index (κ3) is 1.67. The lowest BCUT2D eigenvalue weighted by atomic mass is 9.89. The molecule has 2 heteroatoms. The second-order valence-corrected chi connectivity index (χ2v) is 5.30. The molecule has 1 heterocycles. The summed E-state index contributed by atoms with van der Waals surface area (Å²) in [4.78, 5) is 3.36. The molecule has 0 saturated heterocycles. The van der Waals surface area contributed by atoms with Crippen LogP contribution in [0.3, 0.4) is 0 Å². The molecule has 1 saturated carbocycles. The highest BCUT2D eigenvalue weighted by molar-refractivity contribution is 5.85.